The Kier molecular flexibility index (Phi) is 5.85. The minimum Gasteiger partial charge on any atom is -0.352 e. The van der Waals surface area contributed by atoms with Crippen molar-refractivity contribution in [3.05, 3.63) is 49.9 Å². The fourth-order valence-electron chi connectivity index (χ4n) is 1.72. The number of thiazole rings is 1. The van der Waals surface area contributed by atoms with Crippen molar-refractivity contribution in [1.82, 2.24) is 15.6 Å². The lowest BCUT2D eigenvalue weighted by atomic mass is 10.2. The van der Waals surface area contributed by atoms with Crippen molar-refractivity contribution < 1.29 is 0 Å². The number of rotatable bonds is 4. The molecule has 4 nitrogen and oxygen atoms in total. The Balaban J connectivity index is 1.88. The van der Waals surface area contributed by atoms with Crippen LogP contribution in [-0.2, 0) is 13.1 Å². The summed E-state index contributed by atoms with van der Waals surface area (Å²) in [5, 5.41) is 8.79. The third kappa shape index (κ3) is 4.88. The third-order valence-electron chi connectivity index (χ3n) is 2.78. The Labute approximate surface area is 138 Å². The van der Waals surface area contributed by atoms with E-state index in [1.54, 1.807) is 24.5 Å². The molecule has 1 heterocycles. The summed E-state index contributed by atoms with van der Waals surface area (Å²) in [5.74, 6) is 0.715. The molecule has 21 heavy (non-hydrogen) atoms. The van der Waals surface area contributed by atoms with Gasteiger partial charge in [-0.3, -0.25) is 4.99 Å². The molecule has 1 aromatic carbocycles. The molecule has 0 amide bonds. The zero-order valence-electron chi connectivity index (χ0n) is 11.8. The maximum absolute atomic E-state index is 6.14. The first-order valence-corrected chi connectivity index (χ1v) is 7.95. The highest BCUT2D eigenvalue weighted by atomic mass is 35.5. The van der Waals surface area contributed by atoms with Gasteiger partial charge in [0.15, 0.2) is 5.96 Å². The molecule has 0 bridgehead atoms. The number of aliphatic imine (C=N–C) groups is 1. The molecule has 0 unspecified atom stereocenters. The second-order valence-corrected chi connectivity index (χ2v) is 6.52. The van der Waals surface area contributed by atoms with E-state index in [0.29, 0.717) is 29.1 Å². The smallest absolute Gasteiger partial charge is 0.191 e. The molecule has 0 aliphatic carbocycles. The molecule has 0 atom stereocenters. The van der Waals surface area contributed by atoms with Crippen molar-refractivity contribution >= 4 is 40.5 Å². The third-order valence-corrected chi connectivity index (χ3v) is 4.28. The quantitative estimate of drug-likeness (QED) is 0.658. The topological polar surface area (TPSA) is 49.3 Å². The van der Waals surface area contributed by atoms with Gasteiger partial charge >= 0.3 is 0 Å². The van der Waals surface area contributed by atoms with Gasteiger partial charge in [-0.15, -0.1) is 11.3 Å². The van der Waals surface area contributed by atoms with E-state index in [9.17, 15) is 0 Å². The van der Waals surface area contributed by atoms with Crippen LogP contribution >= 0.6 is 34.5 Å². The van der Waals surface area contributed by atoms with E-state index < -0.39 is 0 Å². The number of benzene rings is 1. The zero-order chi connectivity index (χ0) is 15.2. The standard InChI is InChI=1S/C14H16Cl2N4S/c1-9-18-7-12(21-9)8-20-14(17-2)19-6-10-3-4-11(15)5-13(10)16/h3-5,7H,6,8H2,1-2H3,(H2,17,19,20). The van der Waals surface area contributed by atoms with Gasteiger partial charge in [0.25, 0.3) is 0 Å². The van der Waals surface area contributed by atoms with E-state index in [-0.39, 0.29) is 0 Å². The minimum atomic E-state index is 0.581. The molecule has 2 N–H and O–H groups in total. The van der Waals surface area contributed by atoms with Crippen molar-refractivity contribution in [3.63, 3.8) is 0 Å². The van der Waals surface area contributed by atoms with Crippen molar-refractivity contribution in [2.75, 3.05) is 7.05 Å². The van der Waals surface area contributed by atoms with Gasteiger partial charge in [-0.1, -0.05) is 29.3 Å². The molecule has 0 saturated carbocycles. The molecule has 0 aliphatic rings. The monoisotopic (exact) mass is 342 g/mol. The highest BCUT2D eigenvalue weighted by Crippen LogP contribution is 2.20. The largest absolute Gasteiger partial charge is 0.352 e. The molecular weight excluding hydrogens is 327 g/mol. The first-order chi connectivity index (χ1) is 10.1. The van der Waals surface area contributed by atoms with Crippen LogP contribution in [0, 0.1) is 6.92 Å². The van der Waals surface area contributed by atoms with E-state index in [2.05, 4.69) is 20.6 Å². The van der Waals surface area contributed by atoms with Crippen LogP contribution in [0.15, 0.2) is 29.4 Å². The molecule has 0 aliphatic heterocycles. The van der Waals surface area contributed by atoms with Gasteiger partial charge in [0.1, 0.15) is 0 Å². The zero-order valence-corrected chi connectivity index (χ0v) is 14.1. The molecule has 0 spiro atoms. The van der Waals surface area contributed by atoms with E-state index in [1.807, 2.05) is 25.3 Å². The summed E-state index contributed by atoms with van der Waals surface area (Å²) in [6.07, 6.45) is 1.87. The van der Waals surface area contributed by atoms with Crippen LogP contribution in [0.3, 0.4) is 0 Å². The van der Waals surface area contributed by atoms with Gasteiger partial charge in [-0.05, 0) is 24.6 Å². The van der Waals surface area contributed by atoms with Crippen LogP contribution < -0.4 is 10.6 Å². The fourth-order valence-corrected chi connectivity index (χ4v) is 2.93. The summed E-state index contributed by atoms with van der Waals surface area (Å²) >= 11 is 13.7. The number of halogens is 2. The first kappa shape index (κ1) is 16.1. The normalized spacial score (nSPS) is 11.5. The lowest BCUT2D eigenvalue weighted by molar-refractivity contribution is 0.814. The molecule has 112 valence electrons. The van der Waals surface area contributed by atoms with Gasteiger partial charge in [-0.25, -0.2) is 4.98 Å². The Morgan fingerprint density at radius 3 is 2.67 bits per heavy atom. The SMILES string of the molecule is CN=C(NCc1cnc(C)s1)NCc1ccc(Cl)cc1Cl. The van der Waals surface area contributed by atoms with Crippen LogP contribution in [0.5, 0.6) is 0 Å². The first-order valence-electron chi connectivity index (χ1n) is 6.38. The van der Waals surface area contributed by atoms with Crippen molar-refractivity contribution in [2.45, 2.75) is 20.0 Å². The summed E-state index contributed by atoms with van der Waals surface area (Å²) in [6, 6.07) is 5.45. The van der Waals surface area contributed by atoms with Gasteiger partial charge in [-0.2, -0.15) is 0 Å². The Bertz CT molecular complexity index is 640. The van der Waals surface area contributed by atoms with Crippen LogP contribution in [-0.4, -0.2) is 18.0 Å². The molecule has 2 rings (SSSR count). The predicted octanol–water partition coefficient (Wildman–Crippen LogP) is 3.62. The average Bonchev–Trinajstić information content (AvgIpc) is 2.86. The number of aromatic nitrogens is 1. The van der Waals surface area contributed by atoms with Gasteiger partial charge in [0.05, 0.1) is 11.6 Å². The number of aryl methyl sites for hydroxylation is 1. The minimum absolute atomic E-state index is 0.581. The van der Waals surface area contributed by atoms with E-state index in [0.717, 1.165) is 10.6 Å². The van der Waals surface area contributed by atoms with Crippen molar-refractivity contribution in [2.24, 2.45) is 4.99 Å². The molecule has 0 radical (unpaired) electrons. The van der Waals surface area contributed by atoms with Crippen LogP contribution in [0.2, 0.25) is 10.0 Å². The summed E-state index contributed by atoms with van der Waals surface area (Å²) in [6.45, 7) is 3.26. The lowest BCUT2D eigenvalue weighted by Gasteiger charge is -2.12. The molecular formula is C14H16Cl2N4S. The number of nitrogens with zero attached hydrogens (tertiary/aromatic N) is 2. The summed E-state index contributed by atoms with van der Waals surface area (Å²) in [4.78, 5) is 9.57. The second-order valence-electron chi connectivity index (χ2n) is 4.36. The molecule has 0 saturated heterocycles. The molecule has 7 heteroatoms. The molecule has 2 aromatic rings. The van der Waals surface area contributed by atoms with Crippen LogP contribution in [0.1, 0.15) is 15.4 Å². The molecule has 1 aromatic heterocycles. The van der Waals surface area contributed by atoms with Gasteiger partial charge in [0.2, 0.25) is 0 Å². The average molecular weight is 343 g/mol. The predicted molar refractivity (Wildman–Crippen MR) is 90.4 cm³/mol. The number of hydrogen-bond donors (Lipinski definition) is 2. The number of hydrogen-bond acceptors (Lipinski definition) is 3. The Morgan fingerprint density at radius 1 is 1.29 bits per heavy atom. The van der Waals surface area contributed by atoms with E-state index in [4.69, 9.17) is 23.2 Å². The van der Waals surface area contributed by atoms with Crippen molar-refractivity contribution in [3.8, 4) is 0 Å². The second kappa shape index (κ2) is 7.64. The van der Waals surface area contributed by atoms with Gasteiger partial charge in [0, 0.05) is 34.7 Å². The summed E-state index contributed by atoms with van der Waals surface area (Å²) in [5.41, 5.74) is 0.970. The summed E-state index contributed by atoms with van der Waals surface area (Å²) in [7, 11) is 1.73. The highest BCUT2D eigenvalue weighted by Gasteiger charge is 2.04. The number of guanidine groups is 1. The Morgan fingerprint density at radius 2 is 2.05 bits per heavy atom. The fraction of sp³-hybridized carbons (Fsp3) is 0.286. The van der Waals surface area contributed by atoms with Crippen LogP contribution in [0.25, 0.3) is 0 Å². The highest BCUT2D eigenvalue weighted by molar-refractivity contribution is 7.11. The van der Waals surface area contributed by atoms with Crippen LogP contribution in [0.4, 0.5) is 0 Å². The van der Waals surface area contributed by atoms with Gasteiger partial charge < -0.3 is 10.6 Å². The molecule has 0 fully saturated rings. The van der Waals surface area contributed by atoms with E-state index in [1.165, 1.54) is 4.88 Å². The summed E-state index contributed by atoms with van der Waals surface area (Å²) < 4.78 is 0. The maximum atomic E-state index is 6.14. The van der Waals surface area contributed by atoms with Crippen molar-refractivity contribution in [1.29, 1.82) is 0 Å². The van der Waals surface area contributed by atoms with E-state index >= 15 is 0 Å². The number of nitrogens with one attached hydrogen (secondary N) is 2. The maximum Gasteiger partial charge on any atom is 0.191 e. The Hall–Kier alpha value is -1.30. The lowest BCUT2D eigenvalue weighted by Crippen LogP contribution is -2.36.